The first-order valence-corrected chi connectivity index (χ1v) is 9.09. The van der Waals surface area contributed by atoms with Crippen molar-refractivity contribution >= 4 is 16.7 Å². The number of hydrogen-bond acceptors (Lipinski definition) is 5. The Balaban J connectivity index is 1.67. The highest BCUT2D eigenvalue weighted by molar-refractivity contribution is 5.91. The third kappa shape index (κ3) is 3.39. The summed E-state index contributed by atoms with van der Waals surface area (Å²) in [6.45, 7) is 4.33. The van der Waals surface area contributed by atoms with Crippen LogP contribution in [-0.4, -0.2) is 45.1 Å². The number of nitrogens with one attached hydrogen (secondary N) is 2. The van der Waals surface area contributed by atoms with Crippen LogP contribution in [0.3, 0.4) is 0 Å². The van der Waals surface area contributed by atoms with E-state index in [2.05, 4.69) is 20.7 Å². The maximum atomic E-state index is 14.9. The molecule has 1 fully saturated rings. The normalized spacial score (nSPS) is 20.4. The molecule has 136 valence electrons. The Morgan fingerprint density at radius 2 is 2.35 bits per heavy atom. The molecule has 0 unspecified atom stereocenters. The van der Waals surface area contributed by atoms with Crippen LogP contribution in [0, 0.1) is 0 Å². The van der Waals surface area contributed by atoms with Crippen molar-refractivity contribution in [2.45, 2.75) is 32.0 Å². The summed E-state index contributed by atoms with van der Waals surface area (Å²) in [5.74, 6) is 0.664. The van der Waals surface area contributed by atoms with Gasteiger partial charge in [-0.15, -0.1) is 0 Å². The monoisotopic (exact) mass is 354 g/mol. The van der Waals surface area contributed by atoms with Gasteiger partial charge in [0.2, 0.25) is 0 Å². The smallest absolute Gasteiger partial charge is 0.140 e. The van der Waals surface area contributed by atoms with Gasteiger partial charge in [0.15, 0.2) is 0 Å². The van der Waals surface area contributed by atoms with Crippen LogP contribution in [-0.2, 0) is 6.54 Å². The van der Waals surface area contributed by atoms with E-state index in [9.17, 15) is 4.39 Å². The molecule has 0 spiro atoms. The largest absolute Gasteiger partial charge is 0.366 e. The summed E-state index contributed by atoms with van der Waals surface area (Å²) in [6.07, 6.45) is 6.93. The van der Waals surface area contributed by atoms with Crippen molar-refractivity contribution in [3.8, 4) is 11.3 Å². The maximum Gasteiger partial charge on any atom is 0.140 e. The second-order valence-corrected chi connectivity index (χ2v) is 6.80. The van der Waals surface area contributed by atoms with Gasteiger partial charge in [-0.2, -0.15) is 5.10 Å². The van der Waals surface area contributed by atoms with E-state index < -0.39 is 5.67 Å². The van der Waals surface area contributed by atoms with Gasteiger partial charge in [-0.25, -0.2) is 9.37 Å². The molecule has 1 atom stereocenters. The molecule has 4 heterocycles. The highest BCUT2D eigenvalue weighted by Gasteiger charge is 2.31. The lowest BCUT2D eigenvalue weighted by molar-refractivity contribution is 0.137. The number of aryl methyl sites for hydroxylation is 1. The summed E-state index contributed by atoms with van der Waals surface area (Å²) in [6, 6.07) is 5.78. The lowest BCUT2D eigenvalue weighted by Crippen LogP contribution is -2.46. The van der Waals surface area contributed by atoms with Crippen LogP contribution in [0.4, 0.5) is 10.2 Å². The van der Waals surface area contributed by atoms with Gasteiger partial charge >= 0.3 is 0 Å². The molecular weight excluding hydrogens is 331 g/mol. The Bertz CT molecular complexity index is 900. The van der Waals surface area contributed by atoms with Gasteiger partial charge in [0.05, 0.1) is 24.0 Å². The lowest BCUT2D eigenvalue weighted by atomic mass is 9.96. The molecule has 0 bridgehead atoms. The average molecular weight is 354 g/mol. The first kappa shape index (κ1) is 16.9. The van der Waals surface area contributed by atoms with E-state index in [-0.39, 0.29) is 6.54 Å². The predicted octanol–water partition coefficient (Wildman–Crippen LogP) is 3.02. The Labute approximate surface area is 151 Å². The van der Waals surface area contributed by atoms with E-state index >= 15 is 0 Å². The third-order valence-electron chi connectivity index (χ3n) is 4.85. The van der Waals surface area contributed by atoms with Gasteiger partial charge in [0, 0.05) is 36.4 Å². The fraction of sp³-hybridized carbons (Fsp3) is 0.421. The van der Waals surface area contributed by atoms with Gasteiger partial charge in [-0.05, 0) is 44.5 Å². The molecule has 1 aliphatic heterocycles. The molecule has 26 heavy (non-hydrogen) atoms. The molecule has 3 aromatic heterocycles. The van der Waals surface area contributed by atoms with Crippen molar-refractivity contribution in [2.24, 2.45) is 0 Å². The number of hydrogen-bond donors (Lipinski definition) is 2. The second kappa shape index (κ2) is 6.99. The zero-order valence-corrected chi connectivity index (χ0v) is 14.9. The molecule has 0 radical (unpaired) electrons. The van der Waals surface area contributed by atoms with Crippen LogP contribution in [0.15, 0.2) is 36.8 Å². The van der Waals surface area contributed by atoms with Crippen LogP contribution in [0.5, 0.6) is 0 Å². The number of alkyl halides is 1. The Kier molecular flexibility index (Phi) is 4.55. The quantitative estimate of drug-likeness (QED) is 0.737. The summed E-state index contributed by atoms with van der Waals surface area (Å²) in [5, 5.41) is 11.6. The van der Waals surface area contributed by atoms with E-state index in [1.54, 1.807) is 12.4 Å². The van der Waals surface area contributed by atoms with E-state index in [1.807, 2.05) is 36.0 Å². The van der Waals surface area contributed by atoms with Crippen molar-refractivity contribution in [1.29, 1.82) is 0 Å². The lowest BCUT2D eigenvalue weighted by Gasteiger charge is -2.30. The standard InChI is InChI=1S/C19H23FN6/c1-2-26-11-14(10-24-26)16-9-17-15(5-3-8-22-17)18(25-16)23-13-19(20)6-4-7-21-12-19/h3,5,8-11,21H,2,4,6-7,12-13H2,1H3,(H,23,25)/t19-/m0/s1. The number of pyridine rings is 2. The van der Waals surface area contributed by atoms with E-state index in [0.717, 1.165) is 41.7 Å². The summed E-state index contributed by atoms with van der Waals surface area (Å²) in [5.41, 5.74) is 1.29. The molecule has 7 heteroatoms. The molecule has 1 saturated heterocycles. The highest BCUT2D eigenvalue weighted by Crippen LogP contribution is 2.28. The molecule has 0 aromatic carbocycles. The van der Waals surface area contributed by atoms with Gasteiger partial charge < -0.3 is 10.6 Å². The Morgan fingerprint density at radius 1 is 1.42 bits per heavy atom. The van der Waals surface area contributed by atoms with Gasteiger partial charge in [0.1, 0.15) is 11.5 Å². The number of piperidine rings is 1. The number of anilines is 1. The summed E-state index contributed by atoms with van der Waals surface area (Å²) in [7, 11) is 0. The van der Waals surface area contributed by atoms with Crippen molar-refractivity contribution in [3.63, 3.8) is 0 Å². The first-order chi connectivity index (χ1) is 12.7. The number of fused-ring (bicyclic) bond motifs is 1. The van der Waals surface area contributed by atoms with Crippen LogP contribution >= 0.6 is 0 Å². The van der Waals surface area contributed by atoms with Gasteiger partial charge in [-0.1, -0.05) is 0 Å². The van der Waals surface area contributed by atoms with Crippen LogP contribution in [0.25, 0.3) is 22.2 Å². The molecule has 0 aliphatic carbocycles. The molecule has 4 rings (SSSR count). The van der Waals surface area contributed by atoms with Crippen LogP contribution in [0.2, 0.25) is 0 Å². The molecule has 1 aliphatic rings. The zero-order valence-electron chi connectivity index (χ0n) is 14.9. The minimum absolute atomic E-state index is 0.231. The Morgan fingerprint density at radius 3 is 3.12 bits per heavy atom. The van der Waals surface area contributed by atoms with E-state index in [1.165, 1.54) is 0 Å². The maximum absolute atomic E-state index is 14.9. The number of rotatable bonds is 5. The molecule has 3 aromatic rings. The van der Waals surface area contributed by atoms with Crippen LogP contribution < -0.4 is 10.6 Å². The van der Waals surface area contributed by atoms with E-state index in [0.29, 0.717) is 18.8 Å². The predicted molar refractivity (Wildman–Crippen MR) is 101 cm³/mol. The first-order valence-electron chi connectivity index (χ1n) is 9.09. The highest BCUT2D eigenvalue weighted by atomic mass is 19.1. The fourth-order valence-electron chi connectivity index (χ4n) is 3.35. The summed E-state index contributed by atoms with van der Waals surface area (Å²) in [4.78, 5) is 9.20. The number of aromatic nitrogens is 4. The Hall–Kier alpha value is -2.54. The summed E-state index contributed by atoms with van der Waals surface area (Å²) >= 11 is 0. The van der Waals surface area contributed by atoms with Gasteiger partial charge in [0.25, 0.3) is 0 Å². The molecular formula is C19H23FN6. The average Bonchev–Trinajstić information content (AvgIpc) is 3.16. The van der Waals surface area contributed by atoms with E-state index in [4.69, 9.17) is 4.98 Å². The van der Waals surface area contributed by atoms with Crippen molar-refractivity contribution in [3.05, 3.63) is 36.8 Å². The minimum atomic E-state index is -1.25. The number of halogens is 1. The van der Waals surface area contributed by atoms with Crippen molar-refractivity contribution < 1.29 is 4.39 Å². The molecule has 6 nitrogen and oxygen atoms in total. The molecule has 0 saturated carbocycles. The SMILES string of the molecule is CCn1cc(-c2cc3ncccc3c(NC[C@]3(F)CCCNC3)n2)cn1. The molecule has 2 N–H and O–H groups in total. The third-order valence-corrected chi connectivity index (χ3v) is 4.85. The zero-order chi connectivity index (χ0) is 18.0. The summed E-state index contributed by atoms with van der Waals surface area (Å²) < 4.78 is 16.8. The van der Waals surface area contributed by atoms with Crippen LogP contribution in [0.1, 0.15) is 19.8 Å². The second-order valence-electron chi connectivity index (χ2n) is 6.80. The van der Waals surface area contributed by atoms with Crippen molar-refractivity contribution in [2.75, 3.05) is 25.0 Å². The minimum Gasteiger partial charge on any atom is -0.366 e. The molecule has 0 amide bonds. The van der Waals surface area contributed by atoms with Crippen molar-refractivity contribution in [1.82, 2.24) is 25.1 Å². The number of nitrogens with zero attached hydrogens (tertiary/aromatic N) is 4. The topological polar surface area (TPSA) is 67.7 Å². The fourth-order valence-corrected chi connectivity index (χ4v) is 3.35. The van der Waals surface area contributed by atoms with Gasteiger partial charge in [-0.3, -0.25) is 9.67 Å².